The first-order chi connectivity index (χ1) is 15.6. The van der Waals surface area contributed by atoms with Gasteiger partial charge < -0.3 is 8.60 Å². The van der Waals surface area contributed by atoms with E-state index in [2.05, 4.69) is 8.91 Å². The molecule has 0 bridgehead atoms. The van der Waals surface area contributed by atoms with Gasteiger partial charge in [0.2, 0.25) is 0 Å². The lowest BCUT2D eigenvalue weighted by atomic mass is 9.99. The highest BCUT2D eigenvalue weighted by Gasteiger charge is 2.48. The Hall–Kier alpha value is -3.10. The molecule has 3 aromatic rings. The van der Waals surface area contributed by atoms with E-state index in [0.29, 0.717) is 16.5 Å². The van der Waals surface area contributed by atoms with Crippen LogP contribution in [0.15, 0.2) is 51.7 Å². The molecule has 0 aliphatic heterocycles. The topological polar surface area (TPSA) is 123 Å². The Morgan fingerprint density at radius 3 is 2.35 bits per heavy atom. The van der Waals surface area contributed by atoms with E-state index in [1.54, 1.807) is 25.1 Å². The fourth-order valence-electron chi connectivity index (χ4n) is 2.99. The van der Waals surface area contributed by atoms with Crippen LogP contribution in [0.3, 0.4) is 0 Å². The highest BCUT2D eigenvalue weighted by Crippen LogP contribution is 2.30. The predicted octanol–water partition coefficient (Wildman–Crippen LogP) is 3.14. The molecule has 0 radical (unpaired) electrons. The third kappa shape index (κ3) is 5.34. The number of fused-ring (bicyclic) bond motifs is 1. The molecule has 0 fully saturated rings. The smallest absolute Gasteiger partial charge is 0.422 e. The highest BCUT2D eigenvalue weighted by molar-refractivity contribution is 7.90. The number of hydrogen-bond donors (Lipinski definition) is 1. The predicted molar refractivity (Wildman–Crippen MR) is 118 cm³/mol. The largest absolute Gasteiger partial charge is 0.534 e. The normalized spacial score (nSPS) is 12.8. The molecule has 0 atom stereocenters. The number of halogens is 3. The number of rotatable bonds is 7. The van der Waals surface area contributed by atoms with Gasteiger partial charge in [-0.15, -0.1) is 0 Å². The maximum absolute atomic E-state index is 12.6. The van der Waals surface area contributed by atoms with Gasteiger partial charge in [-0.2, -0.15) is 34.3 Å². The molecule has 0 saturated heterocycles. The van der Waals surface area contributed by atoms with Crippen molar-refractivity contribution in [1.29, 1.82) is 0 Å². The van der Waals surface area contributed by atoms with Crippen LogP contribution in [-0.4, -0.2) is 40.7 Å². The van der Waals surface area contributed by atoms with Gasteiger partial charge in [-0.05, 0) is 42.3 Å². The average molecular weight is 521 g/mol. The molecule has 34 heavy (non-hydrogen) atoms. The van der Waals surface area contributed by atoms with E-state index in [-0.39, 0.29) is 23.3 Å². The summed E-state index contributed by atoms with van der Waals surface area (Å²) in [5, 5.41) is 0.357. The molecule has 14 heteroatoms. The van der Waals surface area contributed by atoms with Gasteiger partial charge in [0.1, 0.15) is 11.3 Å². The number of alkyl halides is 3. The standard InChI is InChI=1S/C20H19F3N2O7S2/c1-12-16-8-7-15(32-33(27,28)20(21,22)23)11-18(16)31-19(26)17(12)10-13-5-4-6-14(9-13)24-34(29,30)25(2)3/h4-9,11,24H,10H2,1-3H3. The summed E-state index contributed by atoms with van der Waals surface area (Å²) in [4.78, 5) is 12.6. The molecule has 0 unspecified atom stereocenters. The maximum Gasteiger partial charge on any atom is 0.534 e. The van der Waals surface area contributed by atoms with Crippen molar-refractivity contribution in [3.8, 4) is 5.75 Å². The third-order valence-corrected chi connectivity index (χ3v) is 7.22. The van der Waals surface area contributed by atoms with Crippen LogP contribution in [0.4, 0.5) is 18.9 Å². The Kier molecular flexibility index (Phi) is 6.70. The molecular weight excluding hydrogens is 501 g/mol. The minimum atomic E-state index is -5.88. The second kappa shape index (κ2) is 8.92. The van der Waals surface area contributed by atoms with E-state index >= 15 is 0 Å². The molecule has 0 aliphatic carbocycles. The van der Waals surface area contributed by atoms with E-state index in [0.717, 1.165) is 16.4 Å². The van der Waals surface area contributed by atoms with Gasteiger partial charge in [0.25, 0.3) is 0 Å². The van der Waals surface area contributed by atoms with Crippen molar-refractivity contribution in [1.82, 2.24) is 4.31 Å². The Morgan fingerprint density at radius 2 is 1.74 bits per heavy atom. The number of nitrogens with zero attached hydrogens (tertiary/aromatic N) is 1. The highest BCUT2D eigenvalue weighted by atomic mass is 32.2. The molecule has 0 amide bonds. The Balaban J connectivity index is 1.95. The minimum Gasteiger partial charge on any atom is -0.422 e. The Morgan fingerprint density at radius 1 is 1.06 bits per heavy atom. The summed E-state index contributed by atoms with van der Waals surface area (Å²) in [6, 6.07) is 9.54. The summed E-state index contributed by atoms with van der Waals surface area (Å²) in [5.41, 5.74) is -5.01. The van der Waals surface area contributed by atoms with E-state index in [9.17, 15) is 34.8 Å². The van der Waals surface area contributed by atoms with Crippen LogP contribution in [0.1, 0.15) is 16.7 Å². The van der Waals surface area contributed by atoms with Crippen LogP contribution in [0.2, 0.25) is 0 Å². The van der Waals surface area contributed by atoms with Crippen molar-refractivity contribution in [2.45, 2.75) is 18.9 Å². The second-order valence-electron chi connectivity index (χ2n) is 7.40. The summed E-state index contributed by atoms with van der Waals surface area (Å²) in [7, 11) is -6.89. The van der Waals surface area contributed by atoms with Crippen molar-refractivity contribution in [2.75, 3.05) is 18.8 Å². The van der Waals surface area contributed by atoms with E-state index in [4.69, 9.17) is 4.42 Å². The molecule has 9 nitrogen and oxygen atoms in total. The number of aryl methyl sites for hydroxylation is 1. The van der Waals surface area contributed by atoms with Gasteiger partial charge >= 0.3 is 31.5 Å². The quantitative estimate of drug-likeness (QED) is 0.288. The van der Waals surface area contributed by atoms with Gasteiger partial charge in [-0.3, -0.25) is 4.72 Å². The molecule has 1 N–H and O–H groups in total. The molecule has 184 valence electrons. The second-order valence-corrected chi connectivity index (χ2v) is 10.8. The zero-order valence-electron chi connectivity index (χ0n) is 18.0. The molecule has 0 saturated carbocycles. The monoisotopic (exact) mass is 520 g/mol. The van der Waals surface area contributed by atoms with Gasteiger partial charge in [0.05, 0.1) is 5.69 Å². The average Bonchev–Trinajstić information content (AvgIpc) is 2.69. The van der Waals surface area contributed by atoms with Crippen molar-refractivity contribution >= 4 is 37.0 Å². The summed E-state index contributed by atoms with van der Waals surface area (Å²) < 4.78 is 96.8. The Bertz CT molecular complexity index is 1510. The van der Waals surface area contributed by atoms with Crippen LogP contribution < -0.4 is 14.5 Å². The number of hydrogen-bond acceptors (Lipinski definition) is 7. The number of nitrogens with one attached hydrogen (secondary N) is 1. The molecule has 1 aromatic heterocycles. The van der Waals surface area contributed by atoms with Crippen LogP contribution in [0.5, 0.6) is 5.75 Å². The summed E-state index contributed by atoms with van der Waals surface area (Å²) >= 11 is 0. The molecule has 0 spiro atoms. The summed E-state index contributed by atoms with van der Waals surface area (Å²) in [6.45, 7) is 1.60. The summed E-state index contributed by atoms with van der Waals surface area (Å²) in [6.07, 6.45) is 0.0718. The third-order valence-electron chi connectivity index (χ3n) is 4.78. The fourth-order valence-corrected chi connectivity index (χ4v) is 4.05. The van der Waals surface area contributed by atoms with E-state index in [1.165, 1.54) is 26.2 Å². The lowest BCUT2D eigenvalue weighted by Crippen LogP contribution is -2.28. The van der Waals surface area contributed by atoms with Crippen LogP contribution in [0, 0.1) is 6.92 Å². The molecular formula is C20H19F3N2O7S2. The lowest BCUT2D eigenvalue weighted by molar-refractivity contribution is -0.0500. The van der Waals surface area contributed by atoms with Crippen LogP contribution in [-0.2, 0) is 26.7 Å². The zero-order valence-corrected chi connectivity index (χ0v) is 19.6. The molecule has 2 aromatic carbocycles. The Labute approximate surface area is 193 Å². The first-order valence-corrected chi connectivity index (χ1v) is 12.3. The number of anilines is 1. The SMILES string of the molecule is Cc1c(Cc2cccc(NS(=O)(=O)N(C)C)c2)c(=O)oc2cc(OS(=O)(=O)C(F)(F)F)ccc12. The van der Waals surface area contributed by atoms with Gasteiger partial charge in [-0.25, -0.2) is 4.79 Å². The number of benzene rings is 2. The van der Waals surface area contributed by atoms with Crippen molar-refractivity contribution < 1.29 is 38.6 Å². The maximum atomic E-state index is 12.6. The summed E-state index contributed by atoms with van der Waals surface area (Å²) in [5.74, 6) is -0.666. The molecule has 3 rings (SSSR count). The molecule has 1 heterocycles. The minimum absolute atomic E-state index is 0.0718. The van der Waals surface area contributed by atoms with Crippen molar-refractivity contribution in [3.05, 3.63) is 69.6 Å². The van der Waals surface area contributed by atoms with Crippen LogP contribution in [0.25, 0.3) is 11.0 Å². The van der Waals surface area contributed by atoms with Crippen molar-refractivity contribution in [2.24, 2.45) is 0 Å². The zero-order chi connectivity index (χ0) is 25.5. The van der Waals surface area contributed by atoms with E-state index in [1.807, 2.05) is 0 Å². The van der Waals surface area contributed by atoms with Gasteiger partial charge in [-0.1, -0.05) is 12.1 Å². The molecule has 0 aliphatic rings. The van der Waals surface area contributed by atoms with E-state index < -0.39 is 37.2 Å². The van der Waals surface area contributed by atoms with Crippen LogP contribution >= 0.6 is 0 Å². The van der Waals surface area contributed by atoms with Crippen molar-refractivity contribution in [3.63, 3.8) is 0 Å². The lowest BCUT2D eigenvalue weighted by Gasteiger charge is -2.14. The first kappa shape index (κ1) is 25.5. The van der Waals surface area contributed by atoms with Gasteiger partial charge in [0, 0.05) is 37.5 Å². The van der Waals surface area contributed by atoms with Gasteiger partial charge in [0.15, 0.2) is 0 Å². The first-order valence-electron chi connectivity index (χ1n) is 9.47. The fraction of sp³-hybridized carbons (Fsp3) is 0.250.